The lowest BCUT2D eigenvalue weighted by atomic mass is 9.74. The first-order chi connectivity index (χ1) is 26.0. The predicted octanol–water partition coefficient (Wildman–Crippen LogP) is 6.43. The molecule has 2 aromatic heterocycles. The third-order valence-corrected chi connectivity index (χ3v) is 12.3. The molecule has 4 aromatic rings. The summed E-state index contributed by atoms with van der Waals surface area (Å²) >= 11 is 0. The van der Waals surface area contributed by atoms with Crippen LogP contribution in [-0.2, 0) is 15.9 Å². The van der Waals surface area contributed by atoms with Crippen LogP contribution >= 0.6 is 0 Å². The smallest absolute Gasteiger partial charge is 0.319 e. The molecule has 2 saturated carbocycles. The number of anilines is 1. The Balaban J connectivity index is 1.23. The standard InChI is InChI=1S/C41H51F2N5O6/c1-5-28-30(42)10-9-25-18-26(49)19-29(32(25)28)35-34(43)36-33(38(44-35)52-4)37(48-14-15-53-22-40(2,50)21-48)46-39(45-36)54-23-41-11-6-8-31(41)47(13-7-12-41)20-24-16-27(17-24)51-3/h9-10,18-19,24,27,31,49-50H,5-8,11-17,20-23H2,1-4H3/t24?,27?,31-,40+,41-/m1/s1. The first kappa shape index (κ1) is 37.0. The number of halogens is 2. The Bertz CT molecular complexity index is 2040. The van der Waals surface area contributed by atoms with E-state index in [-0.39, 0.29) is 58.4 Å². The zero-order chi connectivity index (χ0) is 37.8. The van der Waals surface area contributed by atoms with Crippen molar-refractivity contribution in [3.8, 4) is 28.9 Å². The van der Waals surface area contributed by atoms with Crippen LogP contribution in [0.25, 0.3) is 32.9 Å². The highest BCUT2D eigenvalue weighted by Crippen LogP contribution is 2.49. The molecule has 4 heterocycles. The number of aromatic hydroxyl groups is 1. The molecule has 0 amide bonds. The molecule has 13 heteroatoms. The summed E-state index contributed by atoms with van der Waals surface area (Å²) < 4.78 is 56.3. The van der Waals surface area contributed by atoms with Gasteiger partial charge in [-0.15, -0.1) is 0 Å². The van der Waals surface area contributed by atoms with Crippen molar-refractivity contribution in [3.63, 3.8) is 0 Å². The molecule has 3 atom stereocenters. The fraction of sp³-hybridized carbons (Fsp3) is 0.585. The number of nitrogens with zero attached hydrogens (tertiary/aromatic N) is 5. The van der Waals surface area contributed by atoms with Gasteiger partial charge in [-0.3, -0.25) is 4.90 Å². The Morgan fingerprint density at radius 2 is 1.85 bits per heavy atom. The van der Waals surface area contributed by atoms with Crippen LogP contribution in [0.3, 0.4) is 0 Å². The quantitative estimate of drug-likeness (QED) is 0.187. The monoisotopic (exact) mass is 747 g/mol. The number of ether oxygens (including phenoxy) is 4. The lowest BCUT2D eigenvalue weighted by molar-refractivity contribution is -0.0457. The number of piperidine rings is 1. The topological polar surface area (TPSA) is 123 Å². The van der Waals surface area contributed by atoms with E-state index in [4.69, 9.17) is 28.9 Å². The number of hydrogen-bond donors (Lipinski definition) is 2. The van der Waals surface area contributed by atoms with Gasteiger partial charge in [0.05, 0.1) is 39.6 Å². The summed E-state index contributed by atoms with van der Waals surface area (Å²) in [5.74, 6) is -0.344. The number of phenolic OH excluding ortho intramolecular Hbond substituents is 1. The summed E-state index contributed by atoms with van der Waals surface area (Å²) in [4.78, 5) is 18.8. The molecule has 2 saturated heterocycles. The van der Waals surface area contributed by atoms with Crippen LogP contribution in [0.4, 0.5) is 14.6 Å². The van der Waals surface area contributed by atoms with Crippen molar-refractivity contribution in [2.75, 3.05) is 65.1 Å². The Hall–Kier alpha value is -3.91. The minimum Gasteiger partial charge on any atom is -0.508 e. The zero-order valence-electron chi connectivity index (χ0n) is 31.7. The molecule has 0 spiro atoms. The van der Waals surface area contributed by atoms with Crippen molar-refractivity contribution in [2.45, 2.75) is 83.0 Å². The Morgan fingerprint density at radius 1 is 1.04 bits per heavy atom. The van der Waals surface area contributed by atoms with Gasteiger partial charge >= 0.3 is 6.01 Å². The number of rotatable bonds is 10. The van der Waals surface area contributed by atoms with Crippen molar-refractivity contribution in [1.82, 2.24) is 19.9 Å². The van der Waals surface area contributed by atoms with E-state index in [1.54, 1.807) is 20.1 Å². The predicted molar refractivity (Wildman–Crippen MR) is 201 cm³/mol. The number of pyridine rings is 1. The summed E-state index contributed by atoms with van der Waals surface area (Å²) in [6.07, 6.45) is 8.26. The number of likely N-dealkylation sites (tertiary alicyclic amines) is 1. The van der Waals surface area contributed by atoms with Gasteiger partial charge in [0.2, 0.25) is 5.88 Å². The fourth-order valence-electron chi connectivity index (χ4n) is 9.73. The SMILES string of the molecule is CCc1c(F)ccc2cc(O)cc(-c3nc(OC)c4c(N5CCOC[C@@](C)(O)C5)nc(OC[C@]56CCC[C@H]5N(CC5CC(OC)C5)CCC6)nc4c3F)c12. The number of fused-ring (bicyclic) bond motifs is 3. The van der Waals surface area contributed by atoms with Gasteiger partial charge in [-0.05, 0) is 98.9 Å². The third-order valence-electron chi connectivity index (χ3n) is 12.3. The van der Waals surface area contributed by atoms with E-state index in [1.807, 2.05) is 11.8 Å². The molecule has 290 valence electrons. The van der Waals surface area contributed by atoms with Crippen LogP contribution in [-0.4, -0.2) is 108 Å². The van der Waals surface area contributed by atoms with E-state index >= 15 is 8.78 Å². The average molecular weight is 748 g/mol. The van der Waals surface area contributed by atoms with Gasteiger partial charge in [0.25, 0.3) is 0 Å². The Labute approximate surface area is 314 Å². The molecular formula is C41H51F2N5O6. The second kappa shape index (κ2) is 14.6. The Morgan fingerprint density at radius 3 is 2.63 bits per heavy atom. The highest BCUT2D eigenvalue weighted by atomic mass is 19.1. The summed E-state index contributed by atoms with van der Waals surface area (Å²) in [6.45, 7) is 6.97. The van der Waals surface area contributed by atoms with Crippen molar-refractivity contribution in [3.05, 3.63) is 41.5 Å². The number of aromatic nitrogens is 3. The second-order valence-electron chi connectivity index (χ2n) is 16.1. The molecule has 4 aliphatic rings. The molecule has 0 bridgehead atoms. The number of aliphatic hydroxyl groups is 1. The number of phenols is 1. The lowest BCUT2D eigenvalue weighted by Gasteiger charge is -2.48. The number of hydrogen-bond acceptors (Lipinski definition) is 11. The van der Waals surface area contributed by atoms with Crippen molar-refractivity contribution in [2.24, 2.45) is 11.3 Å². The van der Waals surface area contributed by atoms with E-state index in [0.29, 0.717) is 66.4 Å². The van der Waals surface area contributed by atoms with Gasteiger partial charge in [0.1, 0.15) is 39.6 Å². The minimum atomic E-state index is -1.22. The summed E-state index contributed by atoms with van der Waals surface area (Å²) in [5.41, 5.74) is -0.944. The van der Waals surface area contributed by atoms with Crippen LogP contribution in [0.2, 0.25) is 0 Å². The molecule has 2 aromatic carbocycles. The molecule has 54 heavy (non-hydrogen) atoms. The maximum atomic E-state index is 17.4. The van der Waals surface area contributed by atoms with E-state index in [9.17, 15) is 10.2 Å². The molecule has 2 aliphatic heterocycles. The van der Waals surface area contributed by atoms with Crippen molar-refractivity contribution >= 4 is 27.5 Å². The Kier molecular flexibility index (Phi) is 10.0. The normalized spacial score (nSPS) is 27.5. The zero-order valence-corrected chi connectivity index (χ0v) is 31.7. The van der Waals surface area contributed by atoms with Crippen LogP contribution < -0.4 is 14.4 Å². The highest BCUT2D eigenvalue weighted by Gasteiger charge is 2.49. The van der Waals surface area contributed by atoms with Gasteiger partial charge < -0.3 is 34.1 Å². The largest absolute Gasteiger partial charge is 0.508 e. The third kappa shape index (κ3) is 6.71. The number of β-amino-alcohol motifs (C(OH)–C–C–N with tert-alkyl or cyclic N) is 1. The van der Waals surface area contributed by atoms with Gasteiger partial charge in [-0.2, -0.15) is 9.97 Å². The maximum Gasteiger partial charge on any atom is 0.319 e. The molecule has 2 N–H and O–H groups in total. The summed E-state index contributed by atoms with van der Waals surface area (Å²) in [7, 11) is 3.23. The fourth-order valence-corrected chi connectivity index (χ4v) is 9.73. The molecule has 4 fully saturated rings. The van der Waals surface area contributed by atoms with Gasteiger partial charge in [-0.1, -0.05) is 19.4 Å². The number of methoxy groups -OCH3 is 2. The molecule has 11 nitrogen and oxygen atoms in total. The van der Waals surface area contributed by atoms with Gasteiger partial charge in [0.15, 0.2) is 5.82 Å². The second-order valence-corrected chi connectivity index (χ2v) is 16.1. The van der Waals surface area contributed by atoms with Crippen molar-refractivity contribution < 1.29 is 37.9 Å². The lowest BCUT2D eigenvalue weighted by Crippen LogP contribution is -2.54. The molecule has 8 rings (SSSR count). The molecule has 0 unspecified atom stereocenters. The van der Waals surface area contributed by atoms with Crippen LogP contribution in [0, 0.1) is 23.0 Å². The van der Waals surface area contributed by atoms with Crippen LogP contribution in [0.15, 0.2) is 24.3 Å². The van der Waals surface area contributed by atoms with Crippen LogP contribution in [0.1, 0.15) is 64.4 Å². The number of aryl methyl sites for hydroxylation is 1. The minimum absolute atomic E-state index is 0.0144. The molecular weight excluding hydrogens is 696 g/mol. The van der Waals surface area contributed by atoms with Crippen LogP contribution in [0.5, 0.6) is 17.6 Å². The highest BCUT2D eigenvalue weighted by molar-refractivity contribution is 6.03. The van der Waals surface area contributed by atoms with E-state index in [0.717, 1.165) is 58.0 Å². The first-order valence-corrected chi connectivity index (χ1v) is 19.4. The van der Waals surface area contributed by atoms with Gasteiger partial charge in [-0.25, -0.2) is 13.8 Å². The number of benzene rings is 2. The molecule has 0 radical (unpaired) electrons. The van der Waals surface area contributed by atoms with E-state index in [1.165, 1.54) is 25.3 Å². The summed E-state index contributed by atoms with van der Waals surface area (Å²) in [6, 6.07) is 6.23. The van der Waals surface area contributed by atoms with Gasteiger partial charge in [0, 0.05) is 37.2 Å². The van der Waals surface area contributed by atoms with E-state index in [2.05, 4.69) is 9.88 Å². The molecule has 2 aliphatic carbocycles. The first-order valence-electron chi connectivity index (χ1n) is 19.4. The maximum absolute atomic E-state index is 17.4. The van der Waals surface area contributed by atoms with Crippen molar-refractivity contribution in [1.29, 1.82) is 0 Å². The van der Waals surface area contributed by atoms with E-state index < -0.39 is 17.2 Å². The average Bonchev–Trinajstić information content (AvgIpc) is 3.49. The summed E-state index contributed by atoms with van der Waals surface area (Å²) in [5, 5.41) is 23.2.